The van der Waals surface area contributed by atoms with Crippen LogP contribution in [0.2, 0.25) is 0 Å². The highest BCUT2D eigenvalue weighted by molar-refractivity contribution is 5.80. The fraction of sp³-hybridized carbons (Fsp3) is 0.545. The number of methoxy groups -OCH3 is 1. The zero-order valence-electron chi connectivity index (χ0n) is 18.5. The maximum Gasteiger partial charge on any atom is 0.253 e. The van der Waals surface area contributed by atoms with Gasteiger partial charge in [-0.05, 0) is 52.5 Å². The van der Waals surface area contributed by atoms with Crippen LogP contribution in [0.5, 0.6) is 0 Å². The van der Waals surface area contributed by atoms with E-state index in [-0.39, 0.29) is 11.6 Å². The molecule has 0 bridgehead atoms. The van der Waals surface area contributed by atoms with Gasteiger partial charge in [0.2, 0.25) is 0 Å². The van der Waals surface area contributed by atoms with Crippen molar-refractivity contribution in [3.63, 3.8) is 0 Å². The van der Waals surface area contributed by atoms with Gasteiger partial charge in [0.1, 0.15) is 6.04 Å². The summed E-state index contributed by atoms with van der Waals surface area (Å²) in [5.74, 6) is 0.679. The highest BCUT2D eigenvalue weighted by Crippen LogP contribution is 2.28. The molecule has 1 saturated heterocycles. The average Bonchev–Trinajstić information content (AvgIpc) is 3.26. The van der Waals surface area contributed by atoms with E-state index in [1.165, 1.54) is 5.56 Å². The molecule has 0 saturated carbocycles. The second-order valence-electron chi connectivity index (χ2n) is 7.95. The van der Waals surface area contributed by atoms with Crippen molar-refractivity contribution in [1.29, 1.82) is 0 Å². The Kier molecular flexibility index (Phi) is 6.74. The second kappa shape index (κ2) is 9.67. The zero-order valence-corrected chi connectivity index (χ0v) is 18.5. The maximum atomic E-state index is 13.2. The summed E-state index contributed by atoms with van der Waals surface area (Å²) in [5, 5.41) is 13.5. The van der Waals surface area contributed by atoms with E-state index in [1.54, 1.807) is 11.8 Å². The summed E-state index contributed by atoms with van der Waals surface area (Å²) in [6.45, 7) is 9.99. The Balaban J connectivity index is 1.80. The van der Waals surface area contributed by atoms with E-state index in [4.69, 9.17) is 4.74 Å². The number of H-pyrrole nitrogens is 1. The number of nitrogens with zero attached hydrogens (tertiary/aromatic N) is 6. The topological polar surface area (TPSA) is 92.2 Å². The summed E-state index contributed by atoms with van der Waals surface area (Å²) in [5.41, 5.74) is 2.67. The molecule has 0 unspecified atom stereocenters. The molecule has 166 valence electrons. The Labute approximate surface area is 182 Å². The Bertz CT molecular complexity index is 1070. The Morgan fingerprint density at radius 2 is 1.97 bits per heavy atom. The van der Waals surface area contributed by atoms with Gasteiger partial charge >= 0.3 is 0 Å². The van der Waals surface area contributed by atoms with Crippen molar-refractivity contribution in [2.24, 2.45) is 0 Å². The number of aromatic nitrogens is 5. The van der Waals surface area contributed by atoms with E-state index in [0.717, 1.165) is 50.0 Å². The number of fused-ring (bicyclic) bond motifs is 1. The van der Waals surface area contributed by atoms with Gasteiger partial charge in [0.25, 0.3) is 5.56 Å². The number of piperazine rings is 1. The quantitative estimate of drug-likeness (QED) is 0.584. The van der Waals surface area contributed by atoms with Crippen LogP contribution in [0.15, 0.2) is 29.1 Å². The van der Waals surface area contributed by atoms with Crippen LogP contribution >= 0.6 is 0 Å². The van der Waals surface area contributed by atoms with Gasteiger partial charge < -0.3 is 14.6 Å². The number of aryl methyl sites for hydroxylation is 1. The van der Waals surface area contributed by atoms with Crippen molar-refractivity contribution in [3.8, 4) is 0 Å². The SMILES string of the molecule is CCc1ccc2[nH]c(=O)c([C@H](c3nnnn3CCOC)N3CCN(CC)CC3)cc2c1. The predicted octanol–water partition coefficient (Wildman–Crippen LogP) is 1.45. The van der Waals surface area contributed by atoms with Gasteiger partial charge in [0.15, 0.2) is 5.82 Å². The minimum Gasteiger partial charge on any atom is -0.383 e. The first-order valence-corrected chi connectivity index (χ1v) is 11.0. The summed E-state index contributed by atoms with van der Waals surface area (Å²) in [4.78, 5) is 21.0. The van der Waals surface area contributed by atoms with Crippen LogP contribution in [0, 0.1) is 0 Å². The van der Waals surface area contributed by atoms with Crippen LogP contribution in [0.1, 0.15) is 36.8 Å². The van der Waals surface area contributed by atoms with Crippen molar-refractivity contribution in [2.45, 2.75) is 32.9 Å². The molecule has 4 rings (SSSR count). The molecule has 0 aliphatic carbocycles. The molecule has 0 spiro atoms. The Morgan fingerprint density at radius 1 is 1.16 bits per heavy atom. The summed E-state index contributed by atoms with van der Waals surface area (Å²) < 4.78 is 6.99. The minimum atomic E-state index is -0.315. The normalized spacial score (nSPS) is 16.7. The third kappa shape index (κ3) is 4.53. The third-order valence-corrected chi connectivity index (χ3v) is 6.17. The monoisotopic (exact) mass is 425 g/mol. The van der Waals surface area contributed by atoms with Crippen molar-refractivity contribution < 1.29 is 4.74 Å². The lowest BCUT2D eigenvalue weighted by Gasteiger charge is -2.38. The van der Waals surface area contributed by atoms with Gasteiger partial charge in [-0.1, -0.05) is 19.9 Å². The average molecular weight is 426 g/mol. The fourth-order valence-electron chi connectivity index (χ4n) is 4.28. The van der Waals surface area contributed by atoms with Crippen molar-refractivity contribution in [3.05, 3.63) is 51.6 Å². The summed E-state index contributed by atoms with van der Waals surface area (Å²) in [7, 11) is 1.66. The number of pyridine rings is 1. The van der Waals surface area contributed by atoms with Gasteiger partial charge in [0, 0.05) is 44.4 Å². The van der Waals surface area contributed by atoms with Crippen molar-refractivity contribution in [1.82, 2.24) is 35.0 Å². The number of benzene rings is 1. The second-order valence-corrected chi connectivity index (χ2v) is 7.95. The number of rotatable bonds is 8. The van der Waals surface area contributed by atoms with Gasteiger partial charge in [-0.15, -0.1) is 5.10 Å². The van der Waals surface area contributed by atoms with Crippen molar-refractivity contribution in [2.75, 3.05) is 46.4 Å². The molecule has 3 aromatic rings. The Morgan fingerprint density at radius 3 is 2.68 bits per heavy atom. The molecule has 3 heterocycles. The molecule has 1 aliphatic heterocycles. The van der Waals surface area contributed by atoms with E-state index in [9.17, 15) is 4.79 Å². The first kappa shape index (κ1) is 21.6. The highest BCUT2D eigenvalue weighted by Gasteiger charge is 2.32. The zero-order chi connectivity index (χ0) is 21.8. The van der Waals surface area contributed by atoms with E-state index in [1.807, 2.05) is 12.1 Å². The molecule has 1 N–H and O–H groups in total. The first-order chi connectivity index (χ1) is 15.1. The van der Waals surface area contributed by atoms with E-state index >= 15 is 0 Å². The lowest BCUT2D eigenvalue weighted by Crippen LogP contribution is -2.49. The largest absolute Gasteiger partial charge is 0.383 e. The molecule has 31 heavy (non-hydrogen) atoms. The van der Waals surface area contributed by atoms with Crippen LogP contribution in [0.3, 0.4) is 0 Å². The number of tetrazole rings is 1. The number of aromatic amines is 1. The smallest absolute Gasteiger partial charge is 0.253 e. The number of likely N-dealkylation sites (N-methyl/N-ethyl adjacent to an activating group) is 1. The van der Waals surface area contributed by atoms with Gasteiger partial charge in [-0.2, -0.15) is 0 Å². The number of hydrogen-bond acceptors (Lipinski definition) is 7. The summed E-state index contributed by atoms with van der Waals surface area (Å²) in [6.07, 6.45) is 0.946. The third-order valence-electron chi connectivity index (χ3n) is 6.17. The van der Waals surface area contributed by atoms with Gasteiger partial charge in [-0.25, -0.2) is 4.68 Å². The molecule has 9 nitrogen and oxygen atoms in total. The molecule has 1 aliphatic rings. The van der Waals surface area contributed by atoms with E-state index in [2.05, 4.69) is 56.3 Å². The summed E-state index contributed by atoms with van der Waals surface area (Å²) >= 11 is 0. The molecule has 1 atom stereocenters. The predicted molar refractivity (Wildman–Crippen MR) is 119 cm³/mol. The number of nitrogens with one attached hydrogen (secondary N) is 1. The van der Waals surface area contributed by atoms with Crippen LogP contribution in [0.25, 0.3) is 10.9 Å². The van der Waals surface area contributed by atoms with Crippen LogP contribution in [0.4, 0.5) is 0 Å². The van der Waals surface area contributed by atoms with Crippen molar-refractivity contribution >= 4 is 10.9 Å². The van der Waals surface area contributed by atoms with Crippen LogP contribution in [-0.4, -0.2) is 81.4 Å². The lowest BCUT2D eigenvalue weighted by molar-refractivity contribution is 0.106. The Hall–Kier alpha value is -2.62. The molecule has 9 heteroatoms. The first-order valence-electron chi connectivity index (χ1n) is 11.0. The van der Waals surface area contributed by atoms with Gasteiger partial charge in [0.05, 0.1) is 13.2 Å². The molecule has 0 radical (unpaired) electrons. The number of hydrogen-bond donors (Lipinski definition) is 1. The summed E-state index contributed by atoms with van der Waals surface area (Å²) in [6, 6.07) is 7.89. The minimum absolute atomic E-state index is 0.0963. The highest BCUT2D eigenvalue weighted by atomic mass is 16.5. The molecule has 0 amide bonds. The van der Waals surface area contributed by atoms with E-state index in [0.29, 0.717) is 24.5 Å². The van der Waals surface area contributed by atoms with Crippen LogP contribution in [-0.2, 0) is 17.7 Å². The molecular weight excluding hydrogens is 394 g/mol. The van der Waals surface area contributed by atoms with Gasteiger partial charge in [-0.3, -0.25) is 9.69 Å². The standard InChI is InChI=1S/C22H31N7O2/c1-4-16-6-7-19-17(14-16)15-18(22(30)23-19)20(28-10-8-27(5-2)9-11-28)21-24-25-26-29(21)12-13-31-3/h6-7,14-15,20H,4-5,8-13H2,1-3H3,(H,23,30)/t20-/m1/s1. The molecular formula is C22H31N7O2. The fourth-order valence-corrected chi connectivity index (χ4v) is 4.28. The molecule has 1 aromatic carbocycles. The van der Waals surface area contributed by atoms with Crippen LogP contribution < -0.4 is 5.56 Å². The molecule has 1 fully saturated rings. The van der Waals surface area contributed by atoms with E-state index < -0.39 is 0 Å². The maximum absolute atomic E-state index is 13.2. The molecule has 2 aromatic heterocycles. The number of ether oxygens (including phenoxy) is 1. The lowest BCUT2D eigenvalue weighted by atomic mass is 10.0.